The number of nitrogens with zero attached hydrogens (tertiary/aromatic N) is 1. The molecule has 0 aromatic heterocycles. The summed E-state index contributed by atoms with van der Waals surface area (Å²) >= 11 is 0. The highest BCUT2D eigenvalue weighted by Gasteiger charge is 2.30. The smallest absolute Gasteiger partial charge is 0.176 e. The first-order valence-electron chi connectivity index (χ1n) is 8.59. The SMILES string of the molecule is CCCc1ccc(C(=O)CN(CC2CC2)CC2CC2)cc1. The summed E-state index contributed by atoms with van der Waals surface area (Å²) in [7, 11) is 0. The molecule has 0 radical (unpaired) electrons. The van der Waals surface area contributed by atoms with Gasteiger partial charge in [-0.2, -0.15) is 0 Å². The Hall–Kier alpha value is -1.15. The van der Waals surface area contributed by atoms with Gasteiger partial charge in [-0.1, -0.05) is 37.6 Å². The molecule has 0 atom stereocenters. The lowest BCUT2D eigenvalue weighted by atomic mass is 10.0. The summed E-state index contributed by atoms with van der Waals surface area (Å²) in [6, 6.07) is 8.26. The van der Waals surface area contributed by atoms with Crippen LogP contribution >= 0.6 is 0 Å². The van der Waals surface area contributed by atoms with Crippen molar-refractivity contribution in [3.8, 4) is 0 Å². The first-order chi connectivity index (χ1) is 10.2. The van der Waals surface area contributed by atoms with E-state index in [2.05, 4.69) is 24.0 Å². The van der Waals surface area contributed by atoms with Gasteiger partial charge in [-0.05, 0) is 49.5 Å². The maximum absolute atomic E-state index is 12.5. The van der Waals surface area contributed by atoms with Gasteiger partial charge in [0.1, 0.15) is 0 Å². The Morgan fingerprint density at radius 3 is 2.10 bits per heavy atom. The van der Waals surface area contributed by atoms with Crippen LogP contribution < -0.4 is 0 Å². The van der Waals surface area contributed by atoms with E-state index >= 15 is 0 Å². The third kappa shape index (κ3) is 4.67. The molecule has 2 nitrogen and oxygen atoms in total. The quantitative estimate of drug-likeness (QED) is 0.640. The normalized spacial score (nSPS) is 18.2. The number of aryl methyl sites for hydroxylation is 1. The molecular formula is C19H27NO. The molecule has 0 N–H and O–H groups in total. The predicted molar refractivity (Wildman–Crippen MR) is 86.7 cm³/mol. The first kappa shape index (κ1) is 14.8. The van der Waals surface area contributed by atoms with Crippen LogP contribution in [0, 0.1) is 11.8 Å². The fourth-order valence-electron chi connectivity index (χ4n) is 2.98. The first-order valence-corrected chi connectivity index (χ1v) is 8.59. The minimum absolute atomic E-state index is 0.291. The van der Waals surface area contributed by atoms with Crippen molar-refractivity contribution in [1.29, 1.82) is 0 Å². The van der Waals surface area contributed by atoms with Crippen molar-refractivity contribution < 1.29 is 4.79 Å². The highest BCUT2D eigenvalue weighted by Crippen LogP contribution is 2.33. The maximum Gasteiger partial charge on any atom is 0.176 e. The van der Waals surface area contributed by atoms with Crippen LogP contribution in [0.25, 0.3) is 0 Å². The molecule has 2 aliphatic rings. The fraction of sp³-hybridized carbons (Fsp3) is 0.632. The second kappa shape index (κ2) is 6.74. The molecule has 114 valence electrons. The second-order valence-corrected chi connectivity index (χ2v) is 6.95. The van der Waals surface area contributed by atoms with Crippen molar-refractivity contribution >= 4 is 5.78 Å². The third-order valence-corrected chi connectivity index (χ3v) is 4.61. The van der Waals surface area contributed by atoms with Gasteiger partial charge in [-0.3, -0.25) is 9.69 Å². The largest absolute Gasteiger partial charge is 0.295 e. The van der Waals surface area contributed by atoms with Crippen LogP contribution in [0.4, 0.5) is 0 Å². The lowest BCUT2D eigenvalue weighted by Crippen LogP contribution is -2.33. The highest BCUT2D eigenvalue weighted by molar-refractivity contribution is 5.97. The molecule has 1 aromatic rings. The number of benzene rings is 1. The van der Waals surface area contributed by atoms with E-state index in [0.717, 1.165) is 43.3 Å². The molecular weight excluding hydrogens is 258 g/mol. The monoisotopic (exact) mass is 285 g/mol. The van der Waals surface area contributed by atoms with Gasteiger partial charge in [-0.15, -0.1) is 0 Å². The summed E-state index contributed by atoms with van der Waals surface area (Å²) in [6.45, 7) is 5.07. The van der Waals surface area contributed by atoms with Crippen LogP contribution in [0.15, 0.2) is 24.3 Å². The van der Waals surface area contributed by atoms with E-state index in [0.29, 0.717) is 12.3 Å². The number of carbonyl (C=O) groups excluding carboxylic acids is 1. The van der Waals surface area contributed by atoms with Crippen molar-refractivity contribution in [2.24, 2.45) is 11.8 Å². The van der Waals surface area contributed by atoms with Crippen LogP contribution in [0.5, 0.6) is 0 Å². The van der Waals surface area contributed by atoms with Crippen LogP contribution in [-0.4, -0.2) is 30.3 Å². The topological polar surface area (TPSA) is 20.3 Å². The number of Topliss-reactive ketones (excluding diaryl/α,β-unsaturated/α-hetero) is 1. The van der Waals surface area contributed by atoms with Crippen molar-refractivity contribution in [2.45, 2.75) is 45.4 Å². The fourth-order valence-corrected chi connectivity index (χ4v) is 2.98. The molecule has 0 aliphatic heterocycles. The number of hydrogen-bond donors (Lipinski definition) is 0. The van der Waals surface area contributed by atoms with Crippen LogP contribution in [0.3, 0.4) is 0 Å². The van der Waals surface area contributed by atoms with E-state index in [1.807, 2.05) is 12.1 Å². The number of ketones is 1. The average Bonchev–Trinajstić information content (AvgIpc) is 3.36. The molecule has 21 heavy (non-hydrogen) atoms. The van der Waals surface area contributed by atoms with Crippen molar-refractivity contribution in [2.75, 3.05) is 19.6 Å². The molecule has 3 rings (SSSR count). The average molecular weight is 285 g/mol. The van der Waals surface area contributed by atoms with Gasteiger partial charge < -0.3 is 0 Å². The lowest BCUT2D eigenvalue weighted by Gasteiger charge is -2.21. The molecule has 2 saturated carbocycles. The Balaban J connectivity index is 1.56. The zero-order valence-corrected chi connectivity index (χ0v) is 13.2. The third-order valence-electron chi connectivity index (χ3n) is 4.61. The van der Waals surface area contributed by atoms with E-state index in [1.165, 1.54) is 31.2 Å². The molecule has 2 fully saturated rings. The van der Waals surface area contributed by atoms with Gasteiger partial charge in [0.25, 0.3) is 0 Å². The summed E-state index contributed by atoms with van der Waals surface area (Å²) in [4.78, 5) is 14.9. The molecule has 2 aliphatic carbocycles. The van der Waals surface area contributed by atoms with E-state index in [9.17, 15) is 4.79 Å². The molecule has 0 unspecified atom stereocenters. The van der Waals surface area contributed by atoms with Crippen molar-refractivity contribution in [1.82, 2.24) is 4.90 Å². The van der Waals surface area contributed by atoms with Gasteiger partial charge >= 0.3 is 0 Å². The minimum atomic E-state index is 0.291. The molecule has 1 aromatic carbocycles. The van der Waals surface area contributed by atoms with Gasteiger partial charge in [0, 0.05) is 18.7 Å². The summed E-state index contributed by atoms with van der Waals surface area (Å²) < 4.78 is 0. The number of rotatable bonds is 9. The Labute approximate surface area is 128 Å². The molecule has 0 spiro atoms. The highest BCUT2D eigenvalue weighted by atomic mass is 16.1. The number of hydrogen-bond acceptors (Lipinski definition) is 2. The standard InChI is InChI=1S/C19H27NO/c1-2-3-15-8-10-18(11-9-15)19(21)14-20(12-16-4-5-16)13-17-6-7-17/h8-11,16-17H,2-7,12-14H2,1H3. The lowest BCUT2D eigenvalue weighted by molar-refractivity contribution is 0.0924. The van der Waals surface area contributed by atoms with Gasteiger partial charge in [0.2, 0.25) is 0 Å². The Kier molecular flexibility index (Phi) is 4.74. The van der Waals surface area contributed by atoms with Gasteiger partial charge in [0.15, 0.2) is 5.78 Å². The van der Waals surface area contributed by atoms with E-state index in [1.54, 1.807) is 0 Å². The summed E-state index contributed by atoms with van der Waals surface area (Å²) in [6.07, 6.45) is 7.71. The van der Waals surface area contributed by atoms with E-state index < -0.39 is 0 Å². The summed E-state index contributed by atoms with van der Waals surface area (Å²) in [5.74, 6) is 2.02. The summed E-state index contributed by atoms with van der Waals surface area (Å²) in [5.41, 5.74) is 2.22. The molecule has 0 amide bonds. The predicted octanol–water partition coefficient (Wildman–Crippen LogP) is 3.94. The minimum Gasteiger partial charge on any atom is -0.295 e. The van der Waals surface area contributed by atoms with Crippen LogP contribution in [0.1, 0.15) is 54.9 Å². The Bertz CT molecular complexity index is 457. The van der Waals surface area contributed by atoms with Gasteiger partial charge in [-0.25, -0.2) is 0 Å². The van der Waals surface area contributed by atoms with Crippen molar-refractivity contribution in [3.63, 3.8) is 0 Å². The second-order valence-electron chi connectivity index (χ2n) is 6.95. The summed E-state index contributed by atoms with van der Waals surface area (Å²) in [5, 5.41) is 0. The van der Waals surface area contributed by atoms with Gasteiger partial charge in [0.05, 0.1) is 6.54 Å². The molecule has 2 heteroatoms. The molecule has 0 saturated heterocycles. The zero-order valence-electron chi connectivity index (χ0n) is 13.2. The van der Waals surface area contributed by atoms with Crippen LogP contribution in [-0.2, 0) is 6.42 Å². The van der Waals surface area contributed by atoms with Crippen LogP contribution in [0.2, 0.25) is 0 Å². The maximum atomic E-state index is 12.5. The number of carbonyl (C=O) groups is 1. The Morgan fingerprint density at radius 2 is 1.62 bits per heavy atom. The molecule has 0 bridgehead atoms. The zero-order chi connectivity index (χ0) is 14.7. The van der Waals surface area contributed by atoms with Crippen molar-refractivity contribution in [3.05, 3.63) is 35.4 Å². The van der Waals surface area contributed by atoms with E-state index in [4.69, 9.17) is 0 Å². The molecule has 0 heterocycles. The van der Waals surface area contributed by atoms with E-state index in [-0.39, 0.29) is 0 Å². The Morgan fingerprint density at radius 1 is 1.05 bits per heavy atom.